The Morgan fingerprint density at radius 1 is 0.680 bits per heavy atom. The predicted molar refractivity (Wildman–Crippen MR) is 109 cm³/mol. The molecule has 0 fully saturated rings. The summed E-state index contributed by atoms with van der Waals surface area (Å²) >= 11 is 0. The molecular formula is C22H41NO2. The first kappa shape index (κ1) is 24.1. The molecule has 25 heavy (non-hydrogen) atoms. The zero-order valence-corrected chi connectivity index (χ0v) is 16.4. The molecule has 1 aromatic carbocycles. The lowest BCUT2D eigenvalue weighted by atomic mass is 10.0. The smallest absolute Gasteiger partial charge is 0.0555 e. The number of unbranched alkanes of at least 4 members (excludes halogenated alkanes) is 9. The van der Waals surface area contributed by atoms with Gasteiger partial charge in [0.25, 0.3) is 0 Å². The van der Waals surface area contributed by atoms with Gasteiger partial charge >= 0.3 is 0 Å². The zero-order chi connectivity index (χ0) is 18.4. The first-order valence-corrected chi connectivity index (χ1v) is 10.3. The molecule has 0 atom stereocenters. The van der Waals surface area contributed by atoms with Crippen molar-refractivity contribution < 1.29 is 10.2 Å². The van der Waals surface area contributed by atoms with Gasteiger partial charge < -0.3 is 15.5 Å². The van der Waals surface area contributed by atoms with Crippen LogP contribution >= 0.6 is 0 Å². The molecule has 0 unspecified atom stereocenters. The number of aliphatic hydroxyl groups excluding tert-OH is 2. The third-order valence-corrected chi connectivity index (χ3v) is 4.24. The van der Waals surface area contributed by atoms with Gasteiger partial charge in [0, 0.05) is 13.1 Å². The average molecular weight is 352 g/mol. The standard InChI is InChI=1S/C18H30.C4H11NO2/c1-2-3-4-5-6-7-8-9-10-12-15-18-16-13-11-14-17-18;6-3-1-5-2-4-7/h11,13-14,16-17H,2-10,12,15H2,1H3;5-7H,1-4H2. The summed E-state index contributed by atoms with van der Waals surface area (Å²) in [7, 11) is 0. The van der Waals surface area contributed by atoms with E-state index in [1.807, 2.05) is 0 Å². The highest BCUT2D eigenvalue weighted by molar-refractivity contribution is 5.14. The largest absolute Gasteiger partial charge is 0.395 e. The molecule has 1 rings (SSSR count). The second kappa shape index (κ2) is 21.1. The quantitative estimate of drug-likeness (QED) is 0.401. The van der Waals surface area contributed by atoms with Gasteiger partial charge in [-0.1, -0.05) is 95.0 Å². The van der Waals surface area contributed by atoms with E-state index in [0.717, 1.165) is 0 Å². The van der Waals surface area contributed by atoms with Crippen molar-refractivity contribution in [2.24, 2.45) is 0 Å². The number of aryl methyl sites for hydroxylation is 1. The van der Waals surface area contributed by atoms with Crippen LogP contribution in [0.4, 0.5) is 0 Å². The Morgan fingerprint density at radius 2 is 1.16 bits per heavy atom. The van der Waals surface area contributed by atoms with Crippen LogP contribution in [0.25, 0.3) is 0 Å². The third kappa shape index (κ3) is 19.3. The van der Waals surface area contributed by atoms with Crippen LogP contribution in [-0.2, 0) is 6.42 Å². The van der Waals surface area contributed by atoms with Gasteiger partial charge in [0.1, 0.15) is 0 Å². The van der Waals surface area contributed by atoms with Gasteiger partial charge in [-0.3, -0.25) is 0 Å². The molecule has 0 amide bonds. The molecule has 0 bridgehead atoms. The first-order chi connectivity index (χ1) is 12.3. The van der Waals surface area contributed by atoms with Crippen molar-refractivity contribution in [3.63, 3.8) is 0 Å². The monoisotopic (exact) mass is 351 g/mol. The molecule has 0 aliphatic carbocycles. The second-order valence-corrected chi connectivity index (χ2v) is 6.61. The highest BCUT2D eigenvalue weighted by atomic mass is 16.3. The Balaban J connectivity index is 0.000000697. The number of hydrogen-bond acceptors (Lipinski definition) is 3. The van der Waals surface area contributed by atoms with Crippen molar-refractivity contribution in [2.45, 2.75) is 77.6 Å². The summed E-state index contributed by atoms with van der Waals surface area (Å²) in [5.74, 6) is 0. The van der Waals surface area contributed by atoms with Crippen LogP contribution < -0.4 is 5.32 Å². The average Bonchev–Trinajstić information content (AvgIpc) is 2.65. The van der Waals surface area contributed by atoms with E-state index in [2.05, 4.69) is 42.6 Å². The van der Waals surface area contributed by atoms with Gasteiger partial charge in [0.05, 0.1) is 13.2 Å². The highest BCUT2D eigenvalue weighted by Gasteiger charge is 1.94. The Morgan fingerprint density at radius 3 is 1.64 bits per heavy atom. The van der Waals surface area contributed by atoms with E-state index in [9.17, 15) is 0 Å². The molecule has 0 saturated heterocycles. The van der Waals surface area contributed by atoms with E-state index in [-0.39, 0.29) is 13.2 Å². The van der Waals surface area contributed by atoms with Crippen molar-refractivity contribution in [1.29, 1.82) is 0 Å². The van der Waals surface area contributed by atoms with E-state index in [1.165, 1.54) is 76.2 Å². The molecule has 3 heteroatoms. The van der Waals surface area contributed by atoms with Crippen molar-refractivity contribution in [3.8, 4) is 0 Å². The maximum Gasteiger partial charge on any atom is 0.0555 e. The summed E-state index contributed by atoms with van der Waals surface area (Å²) in [6.45, 7) is 3.70. The summed E-state index contributed by atoms with van der Waals surface area (Å²) in [5, 5.41) is 19.1. The summed E-state index contributed by atoms with van der Waals surface area (Å²) in [6, 6.07) is 10.9. The minimum Gasteiger partial charge on any atom is -0.395 e. The topological polar surface area (TPSA) is 52.5 Å². The maximum atomic E-state index is 8.15. The van der Waals surface area contributed by atoms with Crippen LogP contribution in [0, 0.1) is 0 Å². The summed E-state index contributed by atoms with van der Waals surface area (Å²) in [6.07, 6.45) is 15.5. The Kier molecular flexibility index (Phi) is 20.4. The van der Waals surface area contributed by atoms with Gasteiger partial charge in [0.15, 0.2) is 0 Å². The highest BCUT2D eigenvalue weighted by Crippen LogP contribution is 2.12. The minimum atomic E-state index is 0.139. The van der Waals surface area contributed by atoms with Crippen LogP contribution in [0.2, 0.25) is 0 Å². The molecule has 1 aromatic rings. The number of nitrogens with one attached hydrogen (secondary N) is 1. The van der Waals surface area contributed by atoms with Crippen LogP contribution in [0.5, 0.6) is 0 Å². The first-order valence-electron chi connectivity index (χ1n) is 10.3. The van der Waals surface area contributed by atoms with E-state index in [0.29, 0.717) is 13.1 Å². The Bertz CT molecular complexity index is 339. The van der Waals surface area contributed by atoms with Crippen LogP contribution in [0.1, 0.15) is 76.7 Å². The normalized spacial score (nSPS) is 10.4. The zero-order valence-electron chi connectivity index (χ0n) is 16.4. The molecule has 3 N–H and O–H groups in total. The molecule has 3 nitrogen and oxygen atoms in total. The maximum absolute atomic E-state index is 8.15. The molecular weight excluding hydrogens is 310 g/mol. The van der Waals surface area contributed by atoms with Gasteiger partial charge in [-0.15, -0.1) is 0 Å². The third-order valence-electron chi connectivity index (χ3n) is 4.24. The lowest BCUT2D eigenvalue weighted by molar-refractivity contribution is 0.266. The summed E-state index contributed by atoms with van der Waals surface area (Å²) in [4.78, 5) is 0. The summed E-state index contributed by atoms with van der Waals surface area (Å²) < 4.78 is 0. The van der Waals surface area contributed by atoms with Crippen molar-refractivity contribution in [1.82, 2.24) is 5.32 Å². The Labute approximate surface area is 155 Å². The van der Waals surface area contributed by atoms with Crippen molar-refractivity contribution >= 4 is 0 Å². The fraction of sp³-hybridized carbons (Fsp3) is 0.727. The fourth-order valence-electron chi connectivity index (χ4n) is 2.74. The van der Waals surface area contributed by atoms with E-state index < -0.39 is 0 Å². The number of benzene rings is 1. The molecule has 0 aromatic heterocycles. The van der Waals surface area contributed by atoms with E-state index in [1.54, 1.807) is 0 Å². The predicted octanol–water partition coefficient (Wildman–Crippen LogP) is 4.71. The Hall–Kier alpha value is -0.900. The lowest BCUT2D eigenvalue weighted by Crippen LogP contribution is -2.21. The molecule has 0 radical (unpaired) electrons. The second-order valence-electron chi connectivity index (χ2n) is 6.61. The molecule has 0 spiro atoms. The van der Waals surface area contributed by atoms with Crippen LogP contribution in [0.3, 0.4) is 0 Å². The fourth-order valence-corrected chi connectivity index (χ4v) is 2.74. The number of aliphatic hydroxyl groups is 2. The molecule has 0 heterocycles. The van der Waals surface area contributed by atoms with Crippen molar-refractivity contribution in [2.75, 3.05) is 26.3 Å². The van der Waals surface area contributed by atoms with Gasteiger partial charge in [-0.25, -0.2) is 0 Å². The number of hydrogen-bond donors (Lipinski definition) is 3. The molecule has 0 saturated carbocycles. The summed E-state index contributed by atoms with van der Waals surface area (Å²) in [5.41, 5.74) is 1.50. The minimum absolute atomic E-state index is 0.139. The van der Waals surface area contributed by atoms with Gasteiger partial charge in [-0.2, -0.15) is 0 Å². The van der Waals surface area contributed by atoms with E-state index >= 15 is 0 Å². The van der Waals surface area contributed by atoms with E-state index in [4.69, 9.17) is 10.2 Å². The molecule has 146 valence electrons. The SMILES string of the molecule is CCCCCCCCCCCCc1ccccc1.OCCNCCO. The molecule has 0 aliphatic rings. The van der Waals surface area contributed by atoms with Gasteiger partial charge in [-0.05, 0) is 18.4 Å². The lowest BCUT2D eigenvalue weighted by Gasteiger charge is -2.03. The van der Waals surface area contributed by atoms with Crippen LogP contribution in [-0.4, -0.2) is 36.5 Å². The van der Waals surface area contributed by atoms with Gasteiger partial charge in [0.2, 0.25) is 0 Å². The van der Waals surface area contributed by atoms with Crippen molar-refractivity contribution in [3.05, 3.63) is 35.9 Å². The number of rotatable bonds is 15. The van der Waals surface area contributed by atoms with Crippen LogP contribution in [0.15, 0.2) is 30.3 Å². The molecule has 0 aliphatic heterocycles.